The largest absolute Gasteiger partial charge is 0.480 e. The first-order chi connectivity index (χ1) is 13.6. The topological polar surface area (TPSA) is 104 Å². The average Bonchev–Trinajstić information content (AvgIpc) is 3.07. The molecule has 8 nitrogen and oxygen atoms in total. The van der Waals surface area contributed by atoms with Crippen LogP contribution in [0.5, 0.6) is 0 Å². The summed E-state index contributed by atoms with van der Waals surface area (Å²) < 4.78 is 113. The molecule has 0 aromatic carbocycles. The van der Waals surface area contributed by atoms with Crippen molar-refractivity contribution in [3.8, 4) is 5.82 Å². The Labute approximate surface area is 168 Å². The molecular weight excluding hydrogens is 466 g/mol. The lowest BCUT2D eigenvalue weighted by Crippen LogP contribution is -2.30. The van der Waals surface area contributed by atoms with Gasteiger partial charge in [0.2, 0.25) is 12.1 Å². The first kappa shape index (κ1) is 25.8. The molecule has 0 atom stereocenters. The third-order valence-electron chi connectivity index (χ3n) is 3.16. The zero-order valence-corrected chi connectivity index (χ0v) is 16.8. The molecule has 0 N–H and O–H groups in total. The third kappa shape index (κ3) is 7.24. The van der Waals surface area contributed by atoms with E-state index in [1.807, 2.05) is 35.2 Å². The maximum Gasteiger partial charge on any atom is 0.480 e. The van der Waals surface area contributed by atoms with Crippen molar-refractivity contribution in [3.63, 3.8) is 0 Å². The van der Waals surface area contributed by atoms with Crippen LogP contribution < -0.4 is 4.57 Å². The van der Waals surface area contributed by atoms with Gasteiger partial charge < -0.3 is 4.13 Å². The molecule has 30 heavy (non-hydrogen) atoms. The number of pyridine rings is 1. The Balaban J connectivity index is 0.000000300. The Bertz CT molecular complexity index is 977. The number of halogens is 6. The fourth-order valence-electron chi connectivity index (χ4n) is 1.72. The fraction of sp³-hybridized carbons (Fsp3) is 0.429. The second-order valence-corrected chi connectivity index (χ2v) is 8.94. The highest BCUT2D eigenvalue weighted by Gasteiger charge is 2.46. The molecule has 0 spiro atoms. The van der Waals surface area contributed by atoms with Gasteiger partial charge in [0.15, 0.2) is 20.0 Å². The highest BCUT2D eigenvalue weighted by Crippen LogP contribution is 2.36. The molecule has 0 fully saturated rings. The first-order valence-corrected chi connectivity index (χ1v) is 10.8. The molecule has 0 saturated carbocycles. The van der Waals surface area contributed by atoms with Crippen molar-refractivity contribution in [1.29, 1.82) is 0 Å². The number of rotatable bonds is 6. The quantitative estimate of drug-likeness (QED) is 0.465. The first-order valence-electron chi connectivity index (χ1n) is 7.96. The van der Waals surface area contributed by atoms with Gasteiger partial charge in [-0.1, -0.05) is 19.4 Å². The van der Waals surface area contributed by atoms with Crippen molar-refractivity contribution in [2.24, 2.45) is 0 Å². The fourth-order valence-corrected chi connectivity index (χ4v) is 3.43. The van der Waals surface area contributed by atoms with E-state index in [0.717, 1.165) is 16.5 Å². The van der Waals surface area contributed by atoms with Crippen molar-refractivity contribution in [2.75, 3.05) is 0 Å². The van der Waals surface area contributed by atoms with Gasteiger partial charge in [0.25, 0.3) is 0 Å². The predicted molar refractivity (Wildman–Crippen MR) is 92.0 cm³/mol. The molecule has 0 aliphatic rings. The average molecular weight is 482 g/mol. The summed E-state index contributed by atoms with van der Waals surface area (Å²) in [6.45, 7) is 3.28. The van der Waals surface area contributed by atoms with Crippen LogP contribution in [0.3, 0.4) is 0 Å². The summed E-state index contributed by atoms with van der Waals surface area (Å²) in [5.41, 5.74) is -12.4. The highest BCUT2D eigenvalue weighted by atomic mass is 32.3. The van der Waals surface area contributed by atoms with Gasteiger partial charge in [-0.25, -0.2) is 26.4 Å². The lowest BCUT2D eigenvalue weighted by Gasteiger charge is -2.22. The predicted octanol–water partition coefficient (Wildman–Crippen LogP) is 3.02. The van der Waals surface area contributed by atoms with E-state index in [0.29, 0.717) is 0 Å². The minimum Gasteiger partial charge on any atom is -0.421 e. The number of aryl methyl sites for hydroxylation is 1. The smallest absolute Gasteiger partial charge is 0.421 e. The number of hydrogen-bond donors (Lipinski definition) is 0. The molecule has 2 rings (SSSR count). The van der Waals surface area contributed by atoms with Crippen LogP contribution in [0.4, 0.5) is 26.3 Å². The van der Waals surface area contributed by atoms with Crippen LogP contribution in [0.25, 0.3) is 9.95 Å². The Morgan fingerprint density at radius 1 is 1.03 bits per heavy atom. The van der Waals surface area contributed by atoms with E-state index in [9.17, 15) is 43.2 Å². The molecule has 0 radical (unpaired) electrons. The second kappa shape index (κ2) is 9.74. The van der Waals surface area contributed by atoms with Crippen molar-refractivity contribution < 1.29 is 47.7 Å². The maximum atomic E-state index is 11.4. The zero-order chi connectivity index (χ0) is 23.2. The van der Waals surface area contributed by atoms with Crippen molar-refractivity contribution >= 4 is 20.0 Å². The van der Waals surface area contributed by atoms with Gasteiger partial charge in [-0.15, -0.1) is 0 Å². The van der Waals surface area contributed by atoms with Crippen molar-refractivity contribution in [2.45, 2.75) is 37.3 Å². The Morgan fingerprint density at radius 3 is 2.03 bits per heavy atom. The number of nitrogens with zero attached hydrogens (tertiary/aromatic N) is 4. The van der Waals surface area contributed by atoms with E-state index in [1.165, 1.54) is 12.8 Å². The number of unbranched alkanes of at least 4 members (excludes halogenated alkanes) is 1. The minimum atomic E-state index is -6.72. The molecule has 2 aromatic rings. The summed E-state index contributed by atoms with van der Waals surface area (Å²) in [5.74, 6) is 0.966. The molecule has 0 bridgehead atoms. The van der Waals surface area contributed by atoms with Gasteiger partial charge in [0.1, 0.15) is 12.4 Å². The van der Waals surface area contributed by atoms with Crippen LogP contribution in [0.1, 0.15) is 19.8 Å². The second-order valence-electron chi connectivity index (χ2n) is 5.52. The van der Waals surface area contributed by atoms with Gasteiger partial charge in [-0.3, -0.25) is 0 Å². The van der Waals surface area contributed by atoms with Gasteiger partial charge in [-0.05, 0) is 12.5 Å². The number of hydrogen-bond acceptors (Lipinski definition) is 5. The molecule has 0 aliphatic carbocycles. The van der Waals surface area contributed by atoms with Crippen LogP contribution in [-0.4, -0.2) is 37.4 Å². The standard InChI is InChI=1S/C12H16N3.C2F6NO4S2/c1-2-3-8-14-9-10-15(11-14)12-6-4-5-7-13-12;3-1(4,5)14(10,11)9-15(12,13)2(6,7)8/h4-7,9-11H,2-3,8H2,1H3;/q+1;-1. The molecule has 0 aliphatic heterocycles. The summed E-state index contributed by atoms with van der Waals surface area (Å²) in [6.07, 6.45) is 10.5. The lowest BCUT2D eigenvalue weighted by atomic mass is 10.3. The third-order valence-corrected chi connectivity index (χ3v) is 5.90. The maximum absolute atomic E-state index is 11.4. The Kier molecular flexibility index (Phi) is 8.39. The van der Waals surface area contributed by atoms with Gasteiger partial charge in [0, 0.05) is 12.3 Å². The molecule has 16 heteroatoms. The molecule has 0 unspecified atom stereocenters. The SMILES string of the molecule is CCCC[n+]1ccn(-c2ccccn2)c1.O=S(=O)([N-]S(=O)(=O)C(F)(F)F)C(F)(F)F. The van der Waals surface area contributed by atoms with E-state index < -0.39 is 31.1 Å². The van der Waals surface area contributed by atoms with E-state index in [4.69, 9.17) is 0 Å². The molecule has 170 valence electrons. The Morgan fingerprint density at radius 2 is 1.60 bits per heavy atom. The van der Waals surface area contributed by atoms with Gasteiger partial charge >= 0.3 is 11.0 Å². The summed E-state index contributed by atoms with van der Waals surface area (Å²) >= 11 is 0. The summed E-state index contributed by atoms with van der Waals surface area (Å²) in [5, 5.41) is 0. The molecule has 0 amide bonds. The van der Waals surface area contributed by atoms with Crippen LogP contribution in [-0.2, 0) is 26.6 Å². The summed E-state index contributed by atoms with van der Waals surface area (Å²) in [7, 11) is -13.4. The van der Waals surface area contributed by atoms with Crippen LogP contribution in [0, 0.1) is 0 Å². The number of sulfonamides is 2. The Hall–Kier alpha value is -2.20. The van der Waals surface area contributed by atoms with E-state index in [2.05, 4.69) is 29.0 Å². The van der Waals surface area contributed by atoms with E-state index >= 15 is 0 Å². The normalized spacial score (nSPS) is 12.9. The van der Waals surface area contributed by atoms with Crippen molar-refractivity contribution in [3.05, 3.63) is 47.2 Å². The number of aromatic nitrogens is 3. The number of alkyl halides is 6. The zero-order valence-electron chi connectivity index (χ0n) is 15.2. The minimum absolute atomic E-state index is 0.778. The van der Waals surface area contributed by atoms with Crippen molar-refractivity contribution in [1.82, 2.24) is 9.55 Å². The monoisotopic (exact) mass is 482 g/mol. The lowest BCUT2D eigenvalue weighted by molar-refractivity contribution is -0.696. The highest BCUT2D eigenvalue weighted by molar-refractivity contribution is 8.13. The van der Waals surface area contributed by atoms with E-state index in [-0.39, 0.29) is 0 Å². The summed E-state index contributed by atoms with van der Waals surface area (Å²) in [6, 6.07) is 5.93. The van der Waals surface area contributed by atoms with Crippen LogP contribution in [0.15, 0.2) is 43.1 Å². The van der Waals surface area contributed by atoms with Crippen LogP contribution >= 0.6 is 0 Å². The molecular formula is C14H16F6N4O4S2. The molecule has 2 heterocycles. The summed E-state index contributed by atoms with van der Waals surface area (Å²) in [4.78, 5) is 4.29. The molecule has 2 aromatic heterocycles. The van der Waals surface area contributed by atoms with Gasteiger partial charge in [-0.2, -0.15) is 30.9 Å². The van der Waals surface area contributed by atoms with E-state index in [1.54, 1.807) is 0 Å². The van der Waals surface area contributed by atoms with Gasteiger partial charge in [0.05, 0.1) is 6.54 Å². The molecule has 0 saturated heterocycles. The van der Waals surface area contributed by atoms with Crippen LogP contribution in [0.2, 0.25) is 0 Å². The number of imidazole rings is 1.